The van der Waals surface area contributed by atoms with Gasteiger partial charge in [0.05, 0.1) is 5.69 Å². The van der Waals surface area contributed by atoms with Gasteiger partial charge in [-0.2, -0.15) is 0 Å². The lowest BCUT2D eigenvalue weighted by molar-refractivity contribution is 0.915. The number of aromatic nitrogens is 1. The number of rotatable bonds is 7. The van der Waals surface area contributed by atoms with Gasteiger partial charge in [-0.1, -0.05) is 36.2 Å². The van der Waals surface area contributed by atoms with Crippen molar-refractivity contribution in [3.05, 3.63) is 35.2 Å². The van der Waals surface area contributed by atoms with Crippen LogP contribution in [0.1, 0.15) is 5.56 Å². The quantitative estimate of drug-likeness (QED) is 0.539. The number of benzene rings is 1. The molecular weight excluding hydrogens is 276 g/mol. The zero-order valence-electron chi connectivity index (χ0n) is 10.6. The normalized spacial score (nSPS) is 10.8. The van der Waals surface area contributed by atoms with Gasteiger partial charge in [-0.05, 0) is 12.0 Å². The van der Waals surface area contributed by atoms with Crippen molar-refractivity contribution in [1.29, 1.82) is 0 Å². The van der Waals surface area contributed by atoms with Crippen LogP contribution >= 0.6 is 23.3 Å². The minimum Gasteiger partial charge on any atom is -0.375 e. The van der Waals surface area contributed by atoms with E-state index in [0.29, 0.717) is 11.7 Å². The van der Waals surface area contributed by atoms with Crippen molar-refractivity contribution in [2.75, 3.05) is 24.6 Å². The summed E-state index contributed by atoms with van der Waals surface area (Å²) in [7, 11) is 0. The lowest BCUT2D eigenvalue weighted by Crippen LogP contribution is -2.16. The molecule has 0 amide bonds. The molecule has 6 heteroatoms. The first-order valence-electron chi connectivity index (χ1n) is 6.15. The van der Waals surface area contributed by atoms with Gasteiger partial charge >= 0.3 is 0 Å². The number of nitrogens with zero attached hydrogens (tertiary/aromatic N) is 1. The fourth-order valence-corrected chi connectivity index (χ4v) is 3.06. The van der Waals surface area contributed by atoms with Crippen molar-refractivity contribution in [1.82, 2.24) is 9.71 Å². The number of nitrogen functional groups attached to an aromatic ring is 1. The van der Waals surface area contributed by atoms with Gasteiger partial charge in [-0.25, -0.2) is 4.98 Å². The van der Waals surface area contributed by atoms with Crippen LogP contribution in [-0.2, 0) is 6.42 Å². The average Bonchev–Trinajstić information content (AvgIpc) is 2.85. The number of hydrogen-bond donors (Lipinski definition) is 3. The largest absolute Gasteiger partial charge is 0.375 e. The van der Waals surface area contributed by atoms with Gasteiger partial charge in [0.15, 0.2) is 5.13 Å². The highest BCUT2D eigenvalue weighted by Crippen LogP contribution is 2.26. The third-order valence-electron chi connectivity index (χ3n) is 2.64. The van der Waals surface area contributed by atoms with Crippen molar-refractivity contribution in [2.24, 2.45) is 5.73 Å². The van der Waals surface area contributed by atoms with Gasteiger partial charge in [0.1, 0.15) is 0 Å². The summed E-state index contributed by atoms with van der Waals surface area (Å²) in [5.41, 5.74) is 14.6. The summed E-state index contributed by atoms with van der Waals surface area (Å²) in [4.78, 5) is 4.36. The van der Waals surface area contributed by atoms with Crippen LogP contribution in [0, 0.1) is 0 Å². The van der Waals surface area contributed by atoms with Crippen molar-refractivity contribution >= 4 is 28.4 Å². The molecule has 0 atom stereocenters. The monoisotopic (exact) mass is 294 g/mol. The molecule has 1 aromatic heterocycles. The highest BCUT2D eigenvalue weighted by Gasteiger charge is 2.07. The fraction of sp³-hybridized carbons (Fsp3) is 0.308. The molecule has 0 radical (unpaired) electrons. The molecule has 0 aliphatic heterocycles. The van der Waals surface area contributed by atoms with E-state index in [2.05, 4.69) is 27.9 Å². The van der Waals surface area contributed by atoms with Crippen molar-refractivity contribution < 1.29 is 0 Å². The summed E-state index contributed by atoms with van der Waals surface area (Å²) in [6.45, 7) is 1.51. The van der Waals surface area contributed by atoms with E-state index >= 15 is 0 Å². The molecule has 102 valence electrons. The fourth-order valence-electron chi connectivity index (χ4n) is 1.76. The second kappa shape index (κ2) is 7.49. The van der Waals surface area contributed by atoms with Crippen LogP contribution in [0.3, 0.4) is 0 Å². The predicted octanol–water partition coefficient (Wildman–Crippen LogP) is 2.13. The molecule has 0 aliphatic rings. The maximum Gasteiger partial charge on any atom is 0.180 e. The van der Waals surface area contributed by atoms with E-state index in [9.17, 15) is 0 Å². The van der Waals surface area contributed by atoms with E-state index in [1.165, 1.54) is 22.5 Å². The molecule has 0 bridgehead atoms. The molecule has 5 N–H and O–H groups in total. The van der Waals surface area contributed by atoms with Crippen molar-refractivity contribution in [2.45, 2.75) is 6.42 Å². The molecule has 2 aromatic rings. The molecule has 19 heavy (non-hydrogen) atoms. The molecule has 0 unspecified atom stereocenters. The van der Waals surface area contributed by atoms with E-state index in [1.54, 1.807) is 11.9 Å². The van der Waals surface area contributed by atoms with Crippen LogP contribution in [0.5, 0.6) is 0 Å². The number of nitrogens with two attached hydrogens (primary N) is 2. The van der Waals surface area contributed by atoms with Crippen LogP contribution in [0.25, 0.3) is 11.3 Å². The van der Waals surface area contributed by atoms with E-state index in [4.69, 9.17) is 11.5 Å². The summed E-state index contributed by atoms with van der Waals surface area (Å²) >= 11 is 3.19. The van der Waals surface area contributed by atoms with Gasteiger partial charge in [-0.3, -0.25) is 4.72 Å². The SMILES string of the molecule is NCCNSCCc1ccccc1-c1csc(N)n1. The van der Waals surface area contributed by atoms with E-state index in [0.717, 1.165) is 24.4 Å². The first kappa shape index (κ1) is 14.3. The zero-order chi connectivity index (χ0) is 13.5. The Kier molecular flexibility index (Phi) is 5.65. The number of nitrogens with one attached hydrogen (secondary N) is 1. The van der Waals surface area contributed by atoms with Gasteiger partial charge in [0.25, 0.3) is 0 Å². The molecule has 0 fully saturated rings. The Bertz CT molecular complexity index is 513. The standard InChI is InChI=1S/C13H18N4S2/c14-6-7-16-19-8-5-10-3-1-2-4-11(10)12-9-18-13(15)17-12/h1-4,9,16H,5-8,14H2,(H2,15,17). The first-order chi connectivity index (χ1) is 9.31. The minimum atomic E-state index is 0.615. The Morgan fingerprint density at radius 3 is 2.89 bits per heavy atom. The van der Waals surface area contributed by atoms with Crippen LogP contribution in [0.15, 0.2) is 29.6 Å². The third kappa shape index (κ3) is 4.21. The van der Waals surface area contributed by atoms with Gasteiger partial charge in [0, 0.05) is 29.8 Å². The molecule has 0 spiro atoms. The molecule has 2 rings (SSSR count). The Morgan fingerprint density at radius 1 is 1.32 bits per heavy atom. The Morgan fingerprint density at radius 2 is 2.16 bits per heavy atom. The van der Waals surface area contributed by atoms with Gasteiger partial charge in [0.2, 0.25) is 0 Å². The molecular formula is C13H18N4S2. The third-order valence-corrected chi connectivity index (χ3v) is 4.13. The van der Waals surface area contributed by atoms with Crippen LogP contribution in [0.4, 0.5) is 5.13 Å². The minimum absolute atomic E-state index is 0.615. The number of anilines is 1. The Hall–Kier alpha value is -1.08. The molecule has 0 saturated heterocycles. The van der Waals surface area contributed by atoms with E-state index in [1.807, 2.05) is 11.4 Å². The predicted molar refractivity (Wildman–Crippen MR) is 85.2 cm³/mol. The maximum atomic E-state index is 5.70. The van der Waals surface area contributed by atoms with Gasteiger partial charge in [-0.15, -0.1) is 11.3 Å². The maximum absolute atomic E-state index is 5.70. The van der Waals surface area contributed by atoms with Crippen LogP contribution in [-0.4, -0.2) is 23.8 Å². The van der Waals surface area contributed by atoms with Crippen molar-refractivity contribution in [3.63, 3.8) is 0 Å². The number of thiazole rings is 1. The van der Waals surface area contributed by atoms with Crippen LogP contribution < -0.4 is 16.2 Å². The molecule has 4 nitrogen and oxygen atoms in total. The summed E-state index contributed by atoms with van der Waals surface area (Å²) in [6, 6.07) is 8.34. The topological polar surface area (TPSA) is 77.0 Å². The smallest absolute Gasteiger partial charge is 0.180 e. The zero-order valence-corrected chi connectivity index (χ0v) is 12.3. The highest BCUT2D eigenvalue weighted by atomic mass is 32.2. The molecule has 0 saturated carbocycles. The summed E-state index contributed by atoms with van der Waals surface area (Å²) in [5, 5.41) is 2.62. The van der Waals surface area contributed by atoms with Crippen molar-refractivity contribution in [3.8, 4) is 11.3 Å². The summed E-state index contributed by atoms with van der Waals surface area (Å²) in [5.74, 6) is 1.01. The number of aryl methyl sites for hydroxylation is 1. The summed E-state index contributed by atoms with van der Waals surface area (Å²) < 4.78 is 3.23. The first-order valence-corrected chi connectivity index (χ1v) is 8.02. The van der Waals surface area contributed by atoms with Gasteiger partial charge < -0.3 is 11.5 Å². The average molecular weight is 294 g/mol. The van der Waals surface area contributed by atoms with E-state index in [-0.39, 0.29) is 0 Å². The molecule has 0 aliphatic carbocycles. The Labute approximate surface area is 121 Å². The second-order valence-electron chi connectivity index (χ2n) is 4.01. The summed E-state index contributed by atoms with van der Waals surface area (Å²) in [6.07, 6.45) is 0.996. The number of hydrogen-bond acceptors (Lipinski definition) is 6. The lowest BCUT2D eigenvalue weighted by Gasteiger charge is -2.07. The van der Waals surface area contributed by atoms with E-state index < -0.39 is 0 Å². The van der Waals surface area contributed by atoms with Crippen LogP contribution in [0.2, 0.25) is 0 Å². The Balaban J connectivity index is 2.00. The molecule has 1 heterocycles. The highest BCUT2D eigenvalue weighted by molar-refractivity contribution is 7.97. The second-order valence-corrected chi connectivity index (χ2v) is 5.88. The molecule has 1 aromatic carbocycles. The lowest BCUT2D eigenvalue weighted by atomic mass is 10.0.